The van der Waals surface area contributed by atoms with Crippen molar-refractivity contribution < 1.29 is 0 Å². The van der Waals surface area contributed by atoms with Gasteiger partial charge in [0.2, 0.25) is 0 Å². The van der Waals surface area contributed by atoms with E-state index in [0.29, 0.717) is 0 Å². The van der Waals surface area contributed by atoms with Gasteiger partial charge < -0.3 is 5.32 Å². The van der Waals surface area contributed by atoms with Crippen LogP contribution in [0.25, 0.3) is 0 Å². The lowest BCUT2D eigenvalue weighted by Gasteiger charge is -2.24. The van der Waals surface area contributed by atoms with E-state index in [0.717, 1.165) is 31.1 Å². The first-order valence-electron chi connectivity index (χ1n) is 5.76. The van der Waals surface area contributed by atoms with Crippen molar-refractivity contribution in [3.63, 3.8) is 0 Å². The summed E-state index contributed by atoms with van der Waals surface area (Å²) in [5, 5.41) is 3.37. The lowest BCUT2D eigenvalue weighted by atomic mass is 9.88. The third-order valence-electron chi connectivity index (χ3n) is 2.65. The maximum atomic E-state index is 5.71. The van der Waals surface area contributed by atoms with Gasteiger partial charge in [-0.15, -0.1) is 11.6 Å². The molecule has 90 valence electrons. The molecule has 0 aliphatic carbocycles. The highest BCUT2D eigenvalue weighted by Gasteiger charge is 2.16. The van der Waals surface area contributed by atoms with Gasteiger partial charge in [-0.05, 0) is 36.8 Å². The summed E-state index contributed by atoms with van der Waals surface area (Å²) >= 11 is 5.71. The molecule has 0 aliphatic heterocycles. The van der Waals surface area contributed by atoms with Crippen molar-refractivity contribution in [2.45, 2.75) is 33.6 Å². The highest BCUT2D eigenvalue weighted by Crippen LogP contribution is 2.22. The quantitative estimate of drug-likeness (QED) is 0.764. The fourth-order valence-corrected chi connectivity index (χ4v) is 1.67. The molecule has 1 aromatic heterocycles. The summed E-state index contributed by atoms with van der Waals surface area (Å²) in [7, 11) is 0. The highest BCUT2D eigenvalue weighted by molar-refractivity contribution is 6.17. The Morgan fingerprint density at radius 2 is 2.12 bits per heavy atom. The molecule has 1 N–H and O–H groups in total. The van der Waals surface area contributed by atoms with Gasteiger partial charge >= 0.3 is 0 Å². The molecule has 0 amide bonds. The monoisotopic (exact) mass is 240 g/mol. The number of hydrogen-bond donors (Lipinski definition) is 1. The van der Waals surface area contributed by atoms with Gasteiger partial charge in [0, 0.05) is 18.6 Å². The molecule has 0 saturated heterocycles. The molecule has 16 heavy (non-hydrogen) atoms. The Balaban J connectivity index is 2.41. The van der Waals surface area contributed by atoms with E-state index in [1.165, 1.54) is 5.56 Å². The summed E-state index contributed by atoms with van der Waals surface area (Å²) in [5.41, 5.74) is 1.45. The van der Waals surface area contributed by atoms with Gasteiger partial charge in [0.25, 0.3) is 0 Å². The highest BCUT2D eigenvalue weighted by atomic mass is 35.5. The maximum Gasteiger partial charge on any atom is 0.125 e. The normalized spacial score (nSPS) is 11.5. The number of rotatable bonds is 6. The van der Waals surface area contributed by atoms with E-state index in [1.54, 1.807) is 0 Å². The smallest absolute Gasteiger partial charge is 0.125 e. The van der Waals surface area contributed by atoms with E-state index in [1.807, 2.05) is 19.2 Å². The minimum absolute atomic E-state index is 0.265. The van der Waals surface area contributed by atoms with Gasteiger partial charge in [0.15, 0.2) is 0 Å². The number of aromatic nitrogens is 1. The summed E-state index contributed by atoms with van der Waals surface area (Å²) < 4.78 is 0. The van der Waals surface area contributed by atoms with Crippen LogP contribution in [0.4, 0.5) is 5.82 Å². The van der Waals surface area contributed by atoms with Gasteiger partial charge in [-0.25, -0.2) is 4.98 Å². The van der Waals surface area contributed by atoms with Gasteiger partial charge in [-0.1, -0.05) is 19.9 Å². The first kappa shape index (κ1) is 13.3. The van der Waals surface area contributed by atoms with E-state index in [9.17, 15) is 0 Å². The van der Waals surface area contributed by atoms with Crippen LogP contribution in [0.15, 0.2) is 18.3 Å². The lowest BCUT2D eigenvalue weighted by molar-refractivity contribution is 0.355. The fraction of sp³-hybridized carbons (Fsp3) is 0.615. The van der Waals surface area contributed by atoms with Crippen LogP contribution in [0.5, 0.6) is 0 Å². The minimum Gasteiger partial charge on any atom is -0.370 e. The predicted octanol–water partition coefficient (Wildman–Crippen LogP) is 3.85. The molecule has 2 nitrogen and oxygen atoms in total. The van der Waals surface area contributed by atoms with Crippen LogP contribution in [-0.4, -0.2) is 17.4 Å². The van der Waals surface area contributed by atoms with E-state index >= 15 is 0 Å². The van der Waals surface area contributed by atoms with Crippen molar-refractivity contribution in [3.05, 3.63) is 23.9 Å². The molecule has 0 aliphatic rings. The van der Waals surface area contributed by atoms with Crippen LogP contribution in [0.3, 0.4) is 0 Å². The standard InChI is InChI=1S/C13H21ClN2/c1-11-5-6-12(15-9-11)16-10-13(2,3)7-4-8-14/h5-6,9H,4,7-8,10H2,1-3H3,(H,15,16). The molecule has 1 rings (SSSR count). The third kappa shape index (κ3) is 4.84. The van der Waals surface area contributed by atoms with Crippen molar-refractivity contribution in [1.82, 2.24) is 4.98 Å². The van der Waals surface area contributed by atoms with E-state index in [2.05, 4.69) is 30.2 Å². The number of alkyl halides is 1. The molecule has 0 aromatic carbocycles. The molecule has 0 unspecified atom stereocenters. The third-order valence-corrected chi connectivity index (χ3v) is 2.91. The molecular formula is C13H21ClN2. The fourth-order valence-electron chi connectivity index (χ4n) is 1.54. The first-order valence-corrected chi connectivity index (χ1v) is 6.29. The van der Waals surface area contributed by atoms with E-state index in [4.69, 9.17) is 11.6 Å². The second-order valence-corrected chi connectivity index (χ2v) is 5.41. The Labute approximate surface area is 103 Å². The van der Waals surface area contributed by atoms with Gasteiger partial charge in [-0.2, -0.15) is 0 Å². The topological polar surface area (TPSA) is 24.9 Å². The number of pyridine rings is 1. The summed E-state index contributed by atoms with van der Waals surface area (Å²) in [4.78, 5) is 4.32. The number of aryl methyl sites for hydroxylation is 1. The van der Waals surface area contributed by atoms with Crippen molar-refractivity contribution in [2.75, 3.05) is 17.7 Å². The number of hydrogen-bond acceptors (Lipinski definition) is 2. The lowest BCUT2D eigenvalue weighted by Crippen LogP contribution is -2.23. The average Bonchev–Trinajstić information content (AvgIpc) is 2.26. The second kappa shape index (κ2) is 6.09. The van der Waals surface area contributed by atoms with Crippen molar-refractivity contribution in [3.8, 4) is 0 Å². The van der Waals surface area contributed by atoms with Crippen LogP contribution in [-0.2, 0) is 0 Å². The summed E-state index contributed by atoms with van der Waals surface area (Å²) in [6.07, 6.45) is 4.08. The molecule has 3 heteroatoms. The Bertz CT molecular complexity index is 306. The Morgan fingerprint density at radius 1 is 1.38 bits per heavy atom. The zero-order valence-electron chi connectivity index (χ0n) is 10.4. The SMILES string of the molecule is Cc1ccc(NCC(C)(C)CCCCl)nc1. The maximum absolute atomic E-state index is 5.71. The molecule has 1 heterocycles. The first-order chi connectivity index (χ1) is 7.53. The summed E-state index contributed by atoms with van der Waals surface area (Å²) in [6.45, 7) is 7.47. The summed E-state index contributed by atoms with van der Waals surface area (Å²) in [5.74, 6) is 1.69. The molecular weight excluding hydrogens is 220 g/mol. The van der Waals surface area contributed by atoms with Crippen molar-refractivity contribution >= 4 is 17.4 Å². The molecule has 0 bridgehead atoms. The van der Waals surface area contributed by atoms with Crippen LogP contribution in [0.2, 0.25) is 0 Å². The number of nitrogens with one attached hydrogen (secondary N) is 1. The number of halogens is 1. The number of nitrogens with zero attached hydrogens (tertiary/aromatic N) is 1. The molecule has 0 saturated carbocycles. The van der Waals surface area contributed by atoms with Gasteiger partial charge in [0.1, 0.15) is 5.82 Å². The predicted molar refractivity (Wildman–Crippen MR) is 71.2 cm³/mol. The molecule has 0 spiro atoms. The Morgan fingerprint density at radius 3 is 2.69 bits per heavy atom. The van der Waals surface area contributed by atoms with Gasteiger partial charge in [0.05, 0.1) is 0 Å². The Kier molecular flexibility index (Phi) is 5.07. The average molecular weight is 241 g/mol. The Hall–Kier alpha value is -0.760. The molecule has 0 atom stereocenters. The zero-order chi connectivity index (χ0) is 12.0. The van der Waals surface area contributed by atoms with Crippen molar-refractivity contribution in [1.29, 1.82) is 0 Å². The van der Waals surface area contributed by atoms with Crippen LogP contribution in [0, 0.1) is 12.3 Å². The van der Waals surface area contributed by atoms with Crippen LogP contribution in [0.1, 0.15) is 32.3 Å². The van der Waals surface area contributed by atoms with Crippen molar-refractivity contribution in [2.24, 2.45) is 5.41 Å². The van der Waals surface area contributed by atoms with E-state index < -0.39 is 0 Å². The van der Waals surface area contributed by atoms with Gasteiger partial charge in [-0.3, -0.25) is 0 Å². The zero-order valence-corrected chi connectivity index (χ0v) is 11.1. The molecule has 0 radical (unpaired) electrons. The largest absolute Gasteiger partial charge is 0.370 e. The van der Waals surface area contributed by atoms with E-state index in [-0.39, 0.29) is 5.41 Å². The van der Waals surface area contributed by atoms with Crippen LogP contribution >= 0.6 is 11.6 Å². The van der Waals surface area contributed by atoms with Crippen LogP contribution < -0.4 is 5.32 Å². The second-order valence-electron chi connectivity index (χ2n) is 5.03. The summed E-state index contributed by atoms with van der Waals surface area (Å²) in [6, 6.07) is 4.09. The molecule has 0 fully saturated rings. The molecule has 1 aromatic rings. The number of anilines is 1. The minimum atomic E-state index is 0.265.